The van der Waals surface area contributed by atoms with Crippen LogP contribution < -0.4 is 25.7 Å². The van der Waals surface area contributed by atoms with Gasteiger partial charge in [0.2, 0.25) is 0 Å². The summed E-state index contributed by atoms with van der Waals surface area (Å²) in [6.07, 6.45) is 9.00. The topological polar surface area (TPSA) is 126 Å². The average Bonchev–Trinajstić information content (AvgIpc) is 3.76. The van der Waals surface area contributed by atoms with Gasteiger partial charge in [-0.2, -0.15) is 11.4 Å². The number of rotatable bonds is 6. The smallest absolute Gasteiger partial charge is 0.321 e. The summed E-state index contributed by atoms with van der Waals surface area (Å²) in [5.41, 5.74) is 9.40. The Bertz CT molecular complexity index is 1990. The van der Waals surface area contributed by atoms with Gasteiger partial charge in [-0.3, -0.25) is 14.4 Å². The minimum absolute atomic E-state index is 0. The molecule has 0 aromatic carbocycles. The van der Waals surface area contributed by atoms with Gasteiger partial charge in [-0.1, -0.05) is 72.6 Å². The monoisotopic (exact) mass is 668 g/mol. The first-order valence-corrected chi connectivity index (χ1v) is 15.2. The van der Waals surface area contributed by atoms with Crippen LogP contribution in [-0.2, 0) is 45.0 Å². The van der Waals surface area contributed by atoms with Gasteiger partial charge in [0.05, 0.1) is 14.2 Å². The third-order valence-electron chi connectivity index (χ3n) is 9.63. The molecule has 9 nitrogen and oxygen atoms in total. The van der Waals surface area contributed by atoms with Crippen molar-refractivity contribution < 1.29 is 43.3 Å². The Morgan fingerprint density at radius 1 is 0.935 bits per heavy atom. The van der Waals surface area contributed by atoms with Gasteiger partial charge in [0.15, 0.2) is 5.78 Å². The van der Waals surface area contributed by atoms with Crippen molar-refractivity contribution in [2.45, 2.75) is 53.9 Å². The third kappa shape index (κ3) is 5.07. The molecule has 3 aliphatic rings. The van der Waals surface area contributed by atoms with E-state index in [1.807, 2.05) is 45.1 Å². The number of aromatic nitrogens is 3. The summed E-state index contributed by atoms with van der Waals surface area (Å²) in [7, 11) is 2.63. The Morgan fingerprint density at radius 3 is 2.28 bits per heavy atom. The average molecular weight is 670 g/mol. The Balaban J connectivity index is 0.00000417. The van der Waals surface area contributed by atoms with Gasteiger partial charge in [-0.15, -0.1) is 33.5 Å². The van der Waals surface area contributed by atoms with Gasteiger partial charge in [-0.25, -0.2) is 0 Å². The molecule has 46 heavy (non-hydrogen) atoms. The zero-order valence-corrected chi connectivity index (χ0v) is 30.4. The van der Waals surface area contributed by atoms with Crippen molar-refractivity contribution in [2.75, 3.05) is 14.2 Å². The molecule has 0 saturated carbocycles. The first-order chi connectivity index (χ1) is 21.5. The molecule has 1 saturated heterocycles. The van der Waals surface area contributed by atoms with Crippen LogP contribution in [0.25, 0.3) is 35.2 Å². The number of ether oxygens (including phenoxy) is 2. The van der Waals surface area contributed by atoms with Crippen LogP contribution in [0.3, 0.4) is 0 Å². The van der Waals surface area contributed by atoms with E-state index in [-0.39, 0.29) is 49.5 Å². The molecule has 6 rings (SSSR count). The Morgan fingerprint density at radius 2 is 1.63 bits per heavy atom. The number of ketones is 1. The van der Waals surface area contributed by atoms with Gasteiger partial charge in [0.25, 0.3) is 0 Å². The number of fused-ring (bicyclic) bond motifs is 7. The molecule has 3 aromatic heterocycles. The van der Waals surface area contributed by atoms with Gasteiger partial charge in [0.1, 0.15) is 5.92 Å². The van der Waals surface area contributed by atoms with Crippen LogP contribution in [0.1, 0.15) is 87.6 Å². The fraction of sp³-hybridized carbons (Fsp3) is 0.361. The zero-order chi connectivity index (χ0) is 32.3. The molecule has 3 atom stereocenters. The summed E-state index contributed by atoms with van der Waals surface area (Å²) in [5, 5.41) is 6.70. The number of hydrogen-bond donors (Lipinski definition) is 0. The summed E-state index contributed by atoms with van der Waals surface area (Å²) in [4.78, 5) is 54.6. The largest absolute Gasteiger partial charge is 0.664 e. The molecule has 0 amide bonds. The maximum atomic E-state index is 14.0. The number of nitrogens with zero attached hydrogens (tertiary/aromatic N) is 4. The standard InChI is InChI=1S/C36H37N4O5.Zn/c1-9-20-16(3)23-13-25-18(5)22(11-12-29(41)44-7)33(39-25)31-32(36(43)45-8)35(42)30-19(6)26(40-34(30)31)15-28-21(10-2)17(4)24(38-28)14-27(20)37-23;/h9,13-15,18,22,32H,1,10-12H2,2-8H3,(H-,39,40,42);/q-3;/p-1/b24-14-,25-13-,28-15-;. The van der Waals surface area contributed by atoms with Crippen LogP contribution in [0.2, 0.25) is 0 Å². The molecule has 2 aliphatic heterocycles. The zero-order valence-electron chi connectivity index (χ0n) is 27.4. The van der Waals surface area contributed by atoms with Crippen molar-refractivity contribution in [1.29, 1.82) is 0 Å². The second kappa shape index (κ2) is 12.6. The quantitative estimate of drug-likeness (QED) is 0.219. The van der Waals surface area contributed by atoms with Crippen LogP contribution in [0.15, 0.2) is 18.0 Å². The predicted molar refractivity (Wildman–Crippen MR) is 171 cm³/mol. The van der Waals surface area contributed by atoms with Crippen molar-refractivity contribution in [3.63, 3.8) is 0 Å². The second-order valence-electron chi connectivity index (χ2n) is 11.9. The summed E-state index contributed by atoms with van der Waals surface area (Å²) >= 11 is 0. The van der Waals surface area contributed by atoms with Crippen molar-refractivity contribution >= 4 is 47.6 Å². The van der Waals surface area contributed by atoms with E-state index in [9.17, 15) is 14.4 Å². The van der Waals surface area contributed by atoms with E-state index in [0.29, 0.717) is 40.2 Å². The SMILES string of the molecule is C=Cc1c2[n-]c(c1C)/C=C1\[N-]/C(=C3\c4[n-]c(c(C)c4C(=O)C3C(=O)OC)/C=c3\[n-]/c(c(C)c3CC)=C\2)C(CCC(=O)OC)C1C.[Zn]. The summed E-state index contributed by atoms with van der Waals surface area (Å²) in [6, 6.07) is 0. The molecule has 5 heterocycles. The van der Waals surface area contributed by atoms with Crippen LogP contribution in [0.4, 0.5) is 0 Å². The predicted octanol–water partition coefficient (Wildman–Crippen LogP) is 3.99. The third-order valence-corrected chi connectivity index (χ3v) is 9.63. The fourth-order valence-corrected chi connectivity index (χ4v) is 7.02. The number of carbonyl (C=O) groups excluding carboxylic acids is 3. The first kappa shape index (κ1) is 33.2. The minimum atomic E-state index is -1.20. The molecule has 3 aromatic rings. The Hall–Kier alpha value is -4.17. The molecular formula is C36H36N4O5Zn-4. The second-order valence-corrected chi connectivity index (χ2v) is 11.9. The minimum Gasteiger partial charge on any atom is -0.664 e. The van der Waals surface area contributed by atoms with E-state index in [4.69, 9.17) is 29.7 Å². The molecule has 1 fully saturated rings. The number of carbonyl (C=O) groups is 3. The van der Waals surface area contributed by atoms with Gasteiger partial charge >= 0.3 is 11.9 Å². The number of esters is 2. The van der Waals surface area contributed by atoms with Gasteiger partial charge in [0, 0.05) is 31.5 Å². The van der Waals surface area contributed by atoms with E-state index in [1.165, 1.54) is 14.2 Å². The van der Waals surface area contributed by atoms with Crippen LogP contribution in [-0.4, -0.2) is 31.9 Å². The number of allylic oxidation sites excluding steroid dienone is 2. The van der Waals surface area contributed by atoms with E-state index in [0.717, 1.165) is 56.5 Å². The van der Waals surface area contributed by atoms with Gasteiger partial charge in [-0.05, 0) is 51.0 Å². The summed E-state index contributed by atoms with van der Waals surface area (Å²) in [6.45, 7) is 14.1. The molecule has 0 spiro atoms. The molecule has 1 aliphatic carbocycles. The van der Waals surface area contributed by atoms with Crippen molar-refractivity contribution in [3.05, 3.63) is 90.1 Å². The summed E-state index contributed by atoms with van der Waals surface area (Å²) in [5.74, 6) is -3.01. The van der Waals surface area contributed by atoms with E-state index in [1.54, 1.807) is 0 Å². The maximum absolute atomic E-state index is 14.0. The number of methoxy groups -OCH3 is 2. The molecule has 3 unspecified atom stereocenters. The van der Waals surface area contributed by atoms with Crippen LogP contribution in [0, 0.1) is 38.5 Å². The number of hydrogen-bond acceptors (Lipinski definition) is 5. The van der Waals surface area contributed by atoms with Crippen molar-refractivity contribution in [2.24, 2.45) is 17.8 Å². The fourth-order valence-electron chi connectivity index (χ4n) is 7.02. The van der Waals surface area contributed by atoms with Crippen molar-refractivity contribution in [3.8, 4) is 0 Å². The van der Waals surface area contributed by atoms with E-state index < -0.39 is 11.9 Å². The molecule has 10 heteroatoms. The molecule has 236 valence electrons. The summed E-state index contributed by atoms with van der Waals surface area (Å²) < 4.78 is 10.1. The first-order valence-electron chi connectivity index (χ1n) is 15.2. The van der Waals surface area contributed by atoms with Crippen LogP contribution >= 0.6 is 0 Å². The Labute approximate surface area is 281 Å². The molecule has 8 bridgehead atoms. The van der Waals surface area contributed by atoms with E-state index in [2.05, 4.69) is 20.4 Å². The van der Waals surface area contributed by atoms with Crippen LogP contribution in [0.5, 0.6) is 0 Å². The van der Waals surface area contributed by atoms with E-state index >= 15 is 0 Å². The molecular weight excluding hydrogens is 634 g/mol. The van der Waals surface area contributed by atoms with Gasteiger partial charge < -0.3 is 29.7 Å². The maximum Gasteiger partial charge on any atom is 0.321 e. The van der Waals surface area contributed by atoms with Crippen molar-refractivity contribution in [1.82, 2.24) is 15.0 Å². The molecule has 0 N–H and O–H groups in total. The normalized spacial score (nSPS) is 23.7. The number of Topliss-reactive ketones (excluding diaryl/α,β-unsaturated/α-hetero) is 1. The Kier molecular flexibility index (Phi) is 9.06. The molecule has 0 radical (unpaired) electrons.